The maximum Gasteiger partial charge on any atom is 0.272 e. The highest BCUT2D eigenvalue weighted by molar-refractivity contribution is 7.89. The number of para-hydroxylation sites is 1. The number of hydrogen-bond donors (Lipinski definition) is 4. The molecule has 8 nitrogen and oxygen atoms in total. The fourth-order valence-electron chi connectivity index (χ4n) is 2.92. The molecule has 3 aromatic rings. The van der Waals surface area contributed by atoms with Crippen LogP contribution in [-0.2, 0) is 10.0 Å². The summed E-state index contributed by atoms with van der Waals surface area (Å²) in [5, 5.41) is 8.04. The number of carbonyl (C=O) groups is 1. The number of primary sulfonamides is 1. The standard InChI is InChI=1S/C17H19N5O3S/c1-9-8-19-16(20-9)12-6-4-5-7-13(12)22-17(23)14-10(2)15(11(3)21-14)26(18,24)25/h4-8,21H,1-3H3,(H,19,20)(H,22,23)(H2,18,24,25). The molecule has 2 aromatic heterocycles. The third kappa shape index (κ3) is 3.26. The summed E-state index contributed by atoms with van der Waals surface area (Å²) in [6, 6.07) is 7.21. The number of H-pyrrole nitrogens is 2. The maximum atomic E-state index is 12.7. The van der Waals surface area contributed by atoms with Crippen LogP contribution in [0.4, 0.5) is 5.69 Å². The van der Waals surface area contributed by atoms with Gasteiger partial charge >= 0.3 is 0 Å². The van der Waals surface area contributed by atoms with Crippen LogP contribution < -0.4 is 10.5 Å². The summed E-state index contributed by atoms with van der Waals surface area (Å²) >= 11 is 0. The number of amides is 1. The molecule has 1 aromatic carbocycles. The van der Waals surface area contributed by atoms with Crippen molar-refractivity contribution in [3.63, 3.8) is 0 Å². The lowest BCUT2D eigenvalue weighted by Gasteiger charge is -2.09. The van der Waals surface area contributed by atoms with Crippen LogP contribution in [0.3, 0.4) is 0 Å². The molecule has 0 saturated carbocycles. The number of nitrogens with one attached hydrogen (secondary N) is 3. The summed E-state index contributed by atoms with van der Waals surface area (Å²) in [6.07, 6.45) is 1.70. The predicted octanol–water partition coefficient (Wildman–Crippen LogP) is 2.23. The Morgan fingerprint density at radius 2 is 1.85 bits per heavy atom. The molecular formula is C17H19N5O3S. The number of aromatic nitrogens is 3. The van der Waals surface area contributed by atoms with Gasteiger partial charge in [0.1, 0.15) is 16.4 Å². The van der Waals surface area contributed by atoms with Crippen LogP contribution in [0.2, 0.25) is 0 Å². The second-order valence-electron chi connectivity index (χ2n) is 6.04. The Morgan fingerprint density at radius 3 is 2.42 bits per heavy atom. The topological polar surface area (TPSA) is 134 Å². The molecule has 26 heavy (non-hydrogen) atoms. The molecule has 2 heterocycles. The van der Waals surface area contributed by atoms with Crippen LogP contribution in [0.15, 0.2) is 35.4 Å². The highest BCUT2D eigenvalue weighted by Gasteiger charge is 2.24. The molecule has 5 N–H and O–H groups in total. The van der Waals surface area contributed by atoms with E-state index in [-0.39, 0.29) is 16.2 Å². The summed E-state index contributed by atoms with van der Waals surface area (Å²) < 4.78 is 23.4. The van der Waals surface area contributed by atoms with Gasteiger partial charge in [-0.15, -0.1) is 0 Å². The minimum atomic E-state index is -3.92. The fraction of sp³-hybridized carbons (Fsp3) is 0.176. The van der Waals surface area contributed by atoms with E-state index in [1.807, 2.05) is 19.1 Å². The molecule has 0 saturated heterocycles. The lowest BCUT2D eigenvalue weighted by atomic mass is 10.1. The first-order valence-electron chi connectivity index (χ1n) is 7.83. The van der Waals surface area contributed by atoms with Crippen LogP contribution in [-0.4, -0.2) is 29.3 Å². The Balaban J connectivity index is 1.98. The van der Waals surface area contributed by atoms with Gasteiger partial charge in [-0.2, -0.15) is 0 Å². The zero-order valence-electron chi connectivity index (χ0n) is 14.5. The molecule has 0 aliphatic carbocycles. The number of benzene rings is 1. The summed E-state index contributed by atoms with van der Waals surface area (Å²) in [5.41, 5.74) is 2.93. The number of rotatable bonds is 4. The van der Waals surface area contributed by atoms with E-state index in [1.54, 1.807) is 32.2 Å². The number of imidazole rings is 1. The van der Waals surface area contributed by atoms with Crippen molar-refractivity contribution in [2.45, 2.75) is 25.7 Å². The summed E-state index contributed by atoms with van der Waals surface area (Å²) in [5.74, 6) is 0.166. The van der Waals surface area contributed by atoms with Crippen LogP contribution in [0, 0.1) is 20.8 Å². The molecular weight excluding hydrogens is 354 g/mol. The molecule has 3 rings (SSSR count). The summed E-state index contributed by atoms with van der Waals surface area (Å²) in [6.45, 7) is 4.99. The van der Waals surface area contributed by atoms with Gasteiger partial charge < -0.3 is 15.3 Å². The van der Waals surface area contributed by atoms with Gasteiger partial charge in [0.15, 0.2) is 0 Å². The van der Waals surface area contributed by atoms with Gasteiger partial charge in [0.25, 0.3) is 5.91 Å². The average Bonchev–Trinajstić information content (AvgIpc) is 3.10. The number of carbonyl (C=O) groups excluding carboxylic acids is 1. The fourth-order valence-corrected chi connectivity index (χ4v) is 3.93. The van der Waals surface area contributed by atoms with Crippen molar-refractivity contribution in [1.29, 1.82) is 0 Å². The Kier molecular flexibility index (Phi) is 4.43. The van der Waals surface area contributed by atoms with E-state index in [1.165, 1.54) is 0 Å². The van der Waals surface area contributed by atoms with Crippen molar-refractivity contribution in [2.24, 2.45) is 5.14 Å². The van der Waals surface area contributed by atoms with Crippen LogP contribution in [0.25, 0.3) is 11.4 Å². The third-order valence-corrected chi connectivity index (χ3v) is 5.19. The first-order chi connectivity index (χ1) is 12.2. The van der Waals surface area contributed by atoms with Crippen LogP contribution >= 0.6 is 0 Å². The molecule has 0 unspecified atom stereocenters. The predicted molar refractivity (Wildman–Crippen MR) is 98.4 cm³/mol. The minimum absolute atomic E-state index is 0.0578. The molecule has 0 aliphatic rings. The van der Waals surface area contributed by atoms with E-state index in [4.69, 9.17) is 5.14 Å². The van der Waals surface area contributed by atoms with Crippen molar-refractivity contribution >= 4 is 21.6 Å². The summed E-state index contributed by atoms with van der Waals surface area (Å²) in [7, 11) is -3.92. The molecule has 0 atom stereocenters. The number of nitrogens with zero attached hydrogens (tertiary/aromatic N) is 1. The second-order valence-corrected chi connectivity index (χ2v) is 7.54. The van der Waals surface area contributed by atoms with Gasteiger partial charge in [0, 0.05) is 23.1 Å². The smallest absolute Gasteiger partial charge is 0.272 e. The highest BCUT2D eigenvalue weighted by atomic mass is 32.2. The van der Waals surface area contributed by atoms with Crippen LogP contribution in [0.1, 0.15) is 27.4 Å². The number of aryl methyl sites for hydroxylation is 2. The van der Waals surface area contributed by atoms with Crippen molar-refractivity contribution in [1.82, 2.24) is 15.0 Å². The minimum Gasteiger partial charge on any atom is -0.353 e. The van der Waals surface area contributed by atoms with Gasteiger partial charge in [-0.1, -0.05) is 12.1 Å². The van der Waals surface area contributed by atoms with Gasteiger partial charge in [0.05, 0.1) is 5.69 Å². The van der Waals surface area contributed by atoms with Gasteiger partial charge in [0.2, 0.25) is 10.0 Å². The van der Waals surface area contributed by atoms with Gasteiger partial charge in [-0.3, -0.25) is 4.79 Å². The summed E-state index contributed by atoms with van der Waals surface area (Å²) in [4.78, 5) is 22.9. The third-order valence-electron chi connectivity index (χ3n) is 4.01. The van der Waals surface area contributed by atoms with E-state index in [0.717, 1.165) is 11.3 Å². The molecule has 0 fully saturated rings. The molecule has 1 amide bonds. The molecule has 0 spiro atoms. The zero-order chi connectivity index (χ0) is 19.1. The Bertz CT molecular complexity index is 1100. The van der Waals surface area contributed by atoms with Crippen LogP contribution in [0.5, 0.6) is 0 Å². The van der Waals surface area contributed by atoms with E-state index >= 15 is 0 Å². The molecule has 0 bridgehead atoms. The number of hydrogen-bond acceptors (Lipinski definition) is 4. The second kappa shape index (κ2) is 6.43. The van der Waals surface area contributed by atoms with Crippen molar-refractivity contribution in [2.75, 3.05) is 5.32 Å². The number of anilines is 1. The highest BCUT2D eigenvalue weighted by Crippen LogP contribution is 2.27. The molecule has 9 heteroatoms. The van der Waals surface area contributed by atoms with Crippen molar-refractivity contribution in [3.8, 4) is 11.4 Å². The maximum absolute atomic E-state index is 12.7. The van der Waals surface area contributed by atoms with E-state index in [2.05, 4.69) is 20.3 Å². The number of nitrogens with two attached hydrogens (primary N) is 1. The molecule has 0 aliphatic heterocycles. The van der Waals surface area contributed by atoms with Crippen molar-refractivity contribution in [3.05, 3.63) is 53.1 Å². The van der Waals surface area contributed by atoms with E-state index < -0.39 is 15.9 Å². The Morgan fingerprint density at radius 1 is 1.15 bits per heavy atom. The van der Waals surface area contributed by atoms with E-state index in [9.17, 15) is 13.2 Å². The largest absolute Gasteiger partial charge is 0.353 e. The normalized spacial score (nSPS) is 11.5. The average molecular weight is 373 g/mol. The number of sulfonamides is 1. The van der Waals surface area contributed by atoms with Crippen molar-refractivity contribution < 1.29 is 13.2 Å². The lowest BCUT2D eigenvalue weighted by Crippen LogP contribution is -2.16. The molecule has 136 valence electrons. The lowest BCUT2D eigenvalue weighted by molar-refractivity contribution is 0.102. The Labute approximate surface area is 150 Å². The monoisotopic (exact) mass is 373 g/mol. The van der Waals surface area contributed by atoms with E-state index in [0.29, 0.717) is 17.2 Å². The SMILES string of the molecule is Cc1cnc(-c2ccccc2NC(=O)c2[nH]c(C)c(S(N)(=O)=O)c2C)[nH]1. The van der Waals surface area contributed by atoms with Gasteiger partial charge in [-0.05, 0) is 38.5 Å². The quantitative estimate of drug-likeness (QED) is 0.558. The first kappa shape index (κ1) is 17.9. The zero-order valence-corrected chi connectivity index (χ0v) is 15.4. The Hall–Kier alpha value is -2.91. The first-order valence-corrected chi connectivity index (χ1v) is 9.37. The van der Waals surface area contributed by atoms with Gasteiger partial charge in [-0.25, -0.2) is 18.5 Å². The number of aromatic amines is 2. The molecule has 0 radical (unpaired) electrons.